The summed E-state index contributed by atoms with van der Waals surface area (Å²) in [5, 5.41) is 16.8. The smallest absolute Gasteiger partial charge is 0.310 e. The number of rotatable bonds is 11. The monoisotopic (exact) mass is 1550 g/mol. The van der Waals surface area contributed by atoms with Crippen LogP contribution in [0.5, 0.6) is 5.88 Å². The predicted molar refractivity (Wildman–Crippen MR) is 436 cm³/mol. The predicted octanol–water partition coefficient (Wildman–Crippen LogP) is 12.2. The third kappa shape index (κ3) is 17.3. The number of thioether (sulfide) groups is 1. The van der Waals surface area contributed by atoms with Crippen LogP contribution in [0.1, 0.15) is 104 Å². The van der Waals surface area contributed by atoms with Crippen LogP contribution < -0.4 is 27.1 Å². The number of imide groups is 1. The molecular weight excluding hydrogens is 1480 g/mol. The number of hydrogen-bond acceptors (Lipinski definition) is 11. The molecule has 0 atom stereocenters. The second kappa shape index (κ2) is 34.6. The summed E-state index contributed by atoms with van der Waals surface area (Å²) in [6.45, 7) is 5.64. The van der Waals surface area contributed by atoms with Crippen molar-refractivity contribution >= 4 is 209 Å². The molecule has 13 nitrogen and oxygen atoms in total. The first-order valence-electron chi connectivity index (χ1n) is 29.9. The summed E-state index contributed by atoms with van der Waals surface area (Å²) in [5.41, 5.74) is 27.9. The Morgan fingerprint density at radius 2 is 1.04 bits per heavy atom. The molecule has 9 aromatic rings. The quantitative estimate of drug-likeness (QED) is 0.0321. The van der Waals surface area contributed by atoms with Gasteiger partial charge in [-0.1, -0.05) is 123 Å². The minimum atomic E-state index is -1.33. The third-order valence-electron chi connectivity index (χ3n) is 16.9. The maximum absolute atomic E-state index is 12.3. The van der Waals surface area contributed by atoms with Gasteiger partial charge in [-0.15, -0.1) is 12.4 Å². The number of carbonyl (C=O) groups excluding carboxylic acids is 3. The highest BCUT2D eigenvalue weighted by Gasteiger charge is 2.35. The Morgan fingerprint density at radius 3 is 1.44 bits per heavy atom. The van der Waals surface area contributed by atoms with E-state index in [0.29, 0.717) is 21.0 Å². The van der Waals surface area contributed by atoms with E-state index in [0.717, 1.165) is 116 Å². The second-order valence-electron chi connectivity index (χ2n) is 23.1. The molecule has 0 bridgehead atoms. The molecule has 2 amide bonds. The van der Waals surface area contributed by atoms with E-state index in [4.69, 9.17) is 65.2 Å². The van der Waals surface area contributed by atoms with Crippen molar-refractivity contribution in [2.45, 2.75) is 60.4 Å². The number of anilines is 1. The Bertz CT molecular complexity index is 4800. The lowest BCUT2D eigenvalue weighted by molar-refractivity contribution is -0.121. The first kappa shape index (κ1) is 81.0. The Hall–Kier alpha value is -7.00. The first-order valence-corrected chi connectivity index (χ1v) is 33.9. The lowest BCUT2D eigenvalue weighted by atomic mass is 8.76. The van der Waals surface area contributed by atoms with Crippen molar-refractivity contribution in [3.05, 3.63) is 274 Å². The van der Waals surface area contributed by atoms with Crippen LogP contribution in [0.4, 0.5) is 10.5 Å². The number of halogens is 4. The van der Waals surface area contributed by atoms with Crippen LogP contribution in [0.2, 0.25) is 5.01 Å². The zero-order valence-electron chi connectivity index (χ0n) is 53.6. The van der Waals surface area contributed by atoms with E-state index in [1.165, 1.54) is 67.9 Å². The number of amides is 2. The fraction of sp³-hybridized carbons (Fsp3) is 0.157. The van der Waals surface area contributed by atoms with Crippen LogP contribution in [0.25, 0.3) is 40.2 Å². The van der Waals surface area contributed by atoms with Crippen LogP contribution in [0, 0.1) is 27.7 Å². The summed E-state index contributed by atoms with van der Waals surface area (Å²) >= 11 is 12.6. The minimum absolute atomic E-state index is 0. The molecule has 488 valence electrons. The minimum Gasteiger partial charge on any atom is -0.493 e. The average Bonchev–Trinajstić information content (AvgIpc) is 1.62. The molecule has 1 saturated heterocycles. The molecule has 2 aliphatic heterocycles. The van der Waals surface area contributed by atoms with Gasteiger partial charge in [0.2, 0.25) is 5.88 Å². The van der Waals surface area contributed by atoms with E-state index in [1.807, 2.05) is 48.7 Å². The molecule has 4 aliphatic rings. The van der Waals surface area contributed by atoms with Crippen LogP contribution in [0.3, 0.4) is 0 Å². The zero-order chi connectivity index (χ0) is 69.8. The van der Waals surface area contributed by atoms with Gasteiger partial charge in [-0.25, -0.2) is 5.90 Å². The van der Waals surface area contributed by atoms with Crippen LogP contribution in [0.15, 0.2) is 180 Å². The molecule has 29 heteroatoms. The SMILES string of the molecule is C.C.Cc1ccc(C)n1-c1ccc(C2=CCc3cc(Br)c(/C=C4\SC(=O)N(C)C4=O)cc32)cc1.Cc1ccc(C)n1-c1ccc(C2=CCc3cc(Br)c(C=O)cc32)cc1.Cl.Cn1c(O)c(C=c2cc3c(cc2Br)=NC=C3c2ccc(N)cc2)sc1=O.NO.[2HH].[B]B([B])C([B])(B([B])[B])B([B])[B]. The summed E-state index contributed by atoms with van der Waals surface area (Å²) in [6.07, 6.45) is 12.6. The Kier molecular flexibility index (Phi) is 28.3. The van der Waals surface area contributed by atoms with Crippen molar-refractivity contribution in [2.75, 3.05) is 12.8 Å². The van der Waals surface area contributed by atoms with Crippen molar-refractivity contribution < 1.29 is 26.1 Å². The first-order chi connectivity index (χ1) is 45.7. The van der Waals surface area contributed by atoms with E-state index in [1.54, 1.807) is 19.2 Å². The normalized spacial score (nSPS) is 13.4. The van der Waals surface area contributed by atoms with Crippen molar-refractivity contribution in [2.24, 2.45) is 17.9 Å². The summed E-state index contributed by atoms with van der Waals surface area (Å²) < 4.78 is 8.36. The molecule has 14 radical (unpaired) electrons. The van der Waals surface area contributed by atoms with Gasteiger partial charge < -0.3 is 25.2 Å². The largest absolute Gasteiger partial charge is 0.493 e. The number of likely N-dealkylation sites (N-methyl/N-ethyl adjacent to an activating group) is 1. The molecule has 5 heterocycles. The van der Waals surface area contributed by atoms with Gasteiger partial charge in [0.05, 0.1) is 15.1 Å². The van der Waals surface area contributed by atoms with E-state index < -0.39 is 24.5 Å². The summed E-state index contributed by atoms with van der Waals surface area (Å²) in [4.78, 5) is 53.6. The fourth-order valence-corrected chi connectivity index (χ4v) is 14.5. The Labute approximate surface area is 630 Å². The number of nitrogens with zero attached hydrogens (tertiary/aromatic N) is 5. The van der Waals surface area contributed by atoms with Gasteiger partial charge in [-0.2, -0.15) is 5.01 Å². The maximum atomic E-state index is 12.3. The lowest BCUT2D eigenvalue weighted by Gasteiger charge is -2.42. The number of benzene rings is 6. The van der Waals surface area contributed by atoms with Crippen molar-refractivity contribution in [3.8, 4) is 17.3 Å². The van der Waals surface area contributed by atoms with E-state index in [9.17, 15) is 24.3 Å². The highest BCUT2D eigenvalue weighted by atomic mass is 79.9. The van der Waals surface area contributed by atoms with E-state index >= 15 is 0 Å². The molecule has 6 aromatic carbocycles. The average molecular weight is 1550 g/mol. The summed E-state index contributed by atoms with van der Waals surface area (Å²) in [5.74, 6) is 3.21. The highest BCUT2D eigenvalue weighted by molar-refractivity contribution is 9.11. The number of aryl methyl sites for hydroxylation is 4. The molecule has 2 aliphatic carbocycles. The van der Waals surface area contributed by atoms with Crippen molar-refractivity contribution in [1.29, 1.82) is 0 Å². The number of nitrogens with two attached hydrogens (primary N) is 2. The number of nitrogen functional groups attached to an aromatic ring is 1. The topological polar surface area (TPSA) is 191 Å². The van der Waals surface area contributed by atoms with Crippen molar-refractivity contribution in [1.82, 2.24) is 18.6 Å². The number of fused-ring (bicyclic) bond motifs is 3. The molecular formula is C70H67B10Br3ClN7O6S2. The number of allylic oxidation sites excluding steroid dienone is 2. The number of aldehydes is 1. The number of carbonyl (C=O) groups is 3. The summed E-state index contributed by atoms with van der Waals surface area (Å²) in [6, 6.07) is 45.7. The van der Waals surface area contributed by atoms with Crippen LogP contribution in [-0.2, 0) is 24.7 Å². The number of hydrogen-bond donors (Lipinski definition) is 4. The van der Waals surface area contributed by atoms with E-state index in [2.05, 4.69) is 199 Å². The van der Waals surface area contributed by atoms with Gasteiger partial charge in [0, 0.05) is 165 Å². The molecule has 13 rings (SSSR count). The molecule has 6 N–H and O–H groups in total. The van der Waals surface area contributed by atoms with Gasteiger partial charge >= 0.3 is 4.87 Å². The third-order valence-corrected chi connectivity index (χ3v) is 20.9. The molecule has 0 unspecified atom stereocenters. The molecule has 0 saturated carbocycles. The van der Waals surface area contributed by atoms with Gasteiger partial charge in [-0.05, 0) is 222 Å². The number of aromatic nitrogens is 3. The summed E-state index contributed by atoms with van der Waals surface area (Å²) in [7, 11) is 40.5. The van der Waals surface area contributed by atoms with Crippen molar-refractivity contribution in [3.63, 3.8) is 0 Å². The Balaban J connectivity index is 0.000000246. The van der Waals surface area contributed by atoms with Crippen LogP contribution >= 0.6 is 83.3 Å². The second-order valence-corrected chi connectivity index (χ2v) is 27.6. The van der Waals surface area contributed by atoms with Crippen LogP contribution in [-0.4, -0.2) is 127 Å². The van der Waals surface area contributed by atoms with Gasteiger partial charge in [0.1, 0.15) is 0 Å². The van der Waals surface area contributed by atoms with Gasteiger partial charge in [0.25, 0.3) is 11.1 Å². The maximum Gasteiger partial charge on any atom is 0.310 e. The Morgan fingerprint density at radius 1 is 0.606 bits per heavy atom. The number of thiazole rings is 1. The lowest BCUT2D eigenvalue weighted by Crippen LogP contribution is -2.57. The highest BCUT2D eigenvalue weighted by Crippen LogP contribution is 2.40. The fourth-order valence-electron chi connectivity index (χ4n) is 11.4. The molecule has 1 fully saturated rings. The standard InChI is InChI=1S/C26H21BrN2O2S.C22H18BrNO.C19H14BrN3O2S.CB10.2CH4.ClH.H3NO.H2/c1-15-4-5-16(2)29(15)20-9-6-17(7-10-20)21-11-8-18-13-23(27)19(12-22(18)21)14-24-25(30)28(3)26(31)32-24;1-14-3-4-15(2)24(14)19-8-5-16(6-9-19)20-10-7-17-12-22(23)18(13-25)11-21(17)20;1-23-18(24)17(26-19(23)25)7-11-6-13-14(9-22-16(13)8-15(11)20)10-2-4-12(21)5-3-10;2-1(9(3)4,10(5)6)11(7)8;;;;1-2;/h4-7,9-14H,8H2,1-3H3;3-6,8-13H,7H2,1-2H3;2-9,24H,21H2,1H3;;2*1H4;1H;2H,1H2;1H/b24-14-;;;;;;;;/i;;;;;;;;1+1. The van der Waals surface area contributed by atoms with Gasteiger partial charge in [0.15, 0.2) is 6.29 Å². The van der Waals surface area contributed by atoms with E-state index in [-0.39, 0.29) is 50.6 Å². The zero-order valence-corrected chi connectivity index (χ0v) is 60.8. The molecule has 3 aromatic heterocycles. The van der Waals surface area contributed by atoms with Gasteiger partial charge in [-0.3, -0.25) is 33.6 Å². The number of aromatic hydroxyl groups is 1. The molecule has 99 heavy (non-hydrogen) atoms. The molecule has 0 spiro atoms.